The highest BCUT2D eigenvalue weighted by molar-refractivity contribution is 7.12. The third kappa shape index (κ3) is 6.68. The van der Waals surface area contributed by atoms with E-state index in [9.17, 15) is 9.59 Å². The minimum Gasteiger partial charge on any atom is -0.490 e. The van der Waals surface area contributed by atoms with Gasteiger partial charge in [0, 0.05) is 0 Å². The van der Waals surface area contributed by atoms with E-state index in [2.05, 4.69) is 10.5 Å². The number of ether oxygens (including phenoxy) is 3. The number of hydrazone groups is 1. The van der Waals surface area contributed by atoms with Gasteiger partial charge in [0.2, 0.25) is 0 Å². The van der Waals surface area contributed by atoms with Crippen LogP contribution in [0.15, 0.2) is 65.1 Å². The van der Waals surface area contributed by atoms with Crippen molar-refractivity contribution in [1.29, 1.82) is 0 Å². The SMILES string of the molecule is CCOc1cc(C=NNC(=O)COc2cccc(C)c2)ccc1OC(=O)c1cccs1. The van der Waals surface area contributed by atoms with Crippen molar-refractivity contribution in [3.05, 3.63) is 76.0 Å². The number of nitrogens with zero attached hydrogens (tertiary/aromatic N) is 1. The Morgan fingerprint density at radius 3 is 2.68 bits per heavy atom. The molecule has 2 aromatic carbocycles. The van der Waals surface area contributed by atoms with E-state index in [0.717, 1.165) is 5.56 Å². The molecular weight excluding hydrogens is 416 g/mol. The molecule has 0 unspecified atom stereocenters. The maximum absolute atomic E-state index is 12.2. The zero-order valence-electron chi connectivity index (χ0n) is 17.2. The van der Waals surface area contributed by atoms with Crippen LogP contribution < -0.4 is 19.6 Å². The van der Waals surface area contributed by atoms with Crippen molar-refractivity contribution < 1.29 is 23.8 Å². The first-order chi connectivity index (χ1) is 15.0. The maximum atomic E-state index is 12.2. The third-order valence-corrected chi connectivity index (χ3v) is 4.80. The second-order valence-corrected chi connectivity index (χ2v) is 7.35. The molecule has 0 atom stereocenters. The summed E-state index contributed by atoms with van der Waals surface area (Å²) in [5.74, 6) is 0.508. The van der Waals surface area contributed by atoms with E-state index in [-0.39, 0.29) is 12.5 Å². The summed E-state index contributed by atoms with van der Waals surface area (Å²) in [6.07, 6.45) is 1.47. The number of amides is 1. The number of hydrogen-bond acceptors (Lipinski definition) is 7. The molecule has 8 heteroatoms. The molecule has 0 spiro atoms. The van der Waals surface area contributed by atoms with E-state index >= 15 is 0 Å². The first-order valence-corrected chi connectivity index (χ1v) is 10.5. The number of rotatable bonds is 9. The van der Waals surface area contributed by atoms with Crippen LogP contribution in [0.5, 0.6) is 17.2 Å². The predicted octanol–water partition coefficient (Wildman–Crippen LogP) is 4.20. The molecule has 0 saturated carbocycles. The fourth-order valence-corrected chi connectivity index (χ4v) is 3.17. The van der Waals surface area contributed by atoms with Gasteiger partial charge in [-0.25, -0.2) is 10.2 Å². The van der Waals surface area contributed by atoms with Gasteiger partial charge in [0.15, 0.2) is 18.1 Å². The molecule has 160 valence electrons. The molecular formula is C23H22N2O5S. The molecule has 1 heterocycles. The molecule has 7 nitrogen and oxygen atoms in total. The molecule has 1 amide bonds. The average molecular weight is 439 g/mol. The van der Waals surface area contributed by atoms with Crippen molar-refractivity contribution in [3.8, 4) is 17.2 Å². The van der Waals surface area contributed by atoms with Gasteiger partial charge >= 0.3 is 5.97 Å². The summed E-state index contributed by atoms with van der Waals surface area (Å²) >= 11 is 1.30. The number of carbonyl (C=O) groups excluding carboxylic acids is 2. The fraction of sp³-hybridized carbons (Fsp3) is 0.174. The number of benzene rings is 2. The monoisotopic (exact) mass is 438 g/mol. The Balaban J connectivity index is 1.57. The van der Waals surface area contributed by atoms with E-state index in [1.165, 1.54) is 17.6 Å². The summed E-state index contributed by atoms with van der Waals surface area (Å²) in [5.41, 5.74) is 4.13. The van der Waals surface area contributed by atoms with Crippen molar-refractivity contribution in [2.24, 2.45) is 5.10 Å². The van der Waals surface area contributed by atoms with E-state index < -0.39 is 5.97 Å². The molecule has 31 heavy (non-hydrogen) atoms. The molecule has 3 aromatic rings. The predicted molar refractivity (Wildman–Crippen MR) is 119 cm³/mol. The second-order valence-electron chi connectivity index (χ2n) is 6.40. The minimum atomic E-state index is -0.446. The number of esters is 1. The number of aryl methyl sites for hydroxylation is 1. The molecule has 1 N–H and O–H groups in total. The van der Waals surface area contributed by atoms with Crippen molar-refractivity contribution in [3.63, 3.8) is 0 Å². The number of carbonyl (C=O) groups is 2. The van der Waals surface area contributed by atoms with Crippen LogP contribution in [0.4, 0.5) is 0 Å². The van der Waals surface area contributed by atoms with Crippen molar-refractivity contribution >= 4 is 29.4 Å². The number of hydrogen-bond donors (Lipinski definition) is 1. The first kappa shape index (κ1) is 22.0. The first-order valence-electron chi connectivity index (χ1n) is 9.59. The molecule has 0 aliphatic carbocycles. The summed E-state index contributed by atoms with van der Waals surface area (Å²) in [5, 5.41) is 5.74. The van der Waals surface area contributed by atoms with Gasteiger partial charge in [-0.2, -0.15) is 5.10 Å². The smallest absolute Gasteiger partial charge is 0.353 e. The van der Waals surface area contributed by atoms with E-state index in [4.69, 9.17) is 14.2 Å². The van der Waals surface area contributed by atoms with Gasteiger partial charge in [-0.15, -0.1) is 11.3 Å². The highest BCUT2D eigenvalue weighted by atomic mass is 32.1. The van der Waals surface area contributed by atoms with Crippen LogP contribution in [0.2, 0.25) is 0 Å². The van der Waals surface area contributed by atoms with Gasteiger partial charge < -0.3 is 14.2 Å². The van der Waals surface area contributed by atoms with Crippen molar-refractivity contribution in [1.82, 2.24) is 5.43 Å². The largest absolute Gasteiger partial charge is 0.490 e. The zero-order valence-corrected chi connectivity index (χ0v) is 18.0. The highest BCUT2D eigenvalue weighted by Crippen LogP contribution is 2.29. The van der Waals surface area contributed by atoms with E-state index in [1.54, 1.807) is 41.8 Å². The molecule has 3 rings (SSSR count). The van der Waals surface area contributed by atoms with Crippen molar-refractivity contribution in [2.75, 3.05) is 13.2 Å². The van der Waals surface area contributed by atoms with E-state index in [0.29, 0.717) is 34.3 Å². The summed E-state index contributed by atoms with van der Waals surface area (Å²) in [6, 6.07) is 15.9. The Morgan fingerprint density at radius 1 is 1.06 bits per heavy atom. The fourth-order valence-electron chi connectivity index (χ4n) is 2.57. The Bertz CT molecular complexity index is 1060. The molecule has 1 aromatic heterocycles. The van der Waals surface area contributed by atoms with Gasteiger partial charge in [-0.1, -0.05) is 18.2 Å². The summed E-state index contributed by atoms with van der Waals surface area (Å²) in [7, 11) is 0. The summed E-state index contributed by atoms with van der Waals surface area (Å²) in [6.45, 7) is 4.03. The maximum Gasteiger partial charge on any atom is 0.353 e. The molecule has 0 radical (unpaired) electrons. The lowest BCUT2D eigenvalue weighted by atomic mass is 10.2. The van der Waals surface area contributed by atoms with Crippen LogP contribution >= 0.6 is 11.3 Å². The van der Waals surface area contributed by atoms with Crippen molar-refractivity contribution in [2.45, 2.75) is 13.8 Å². The number of thiophene rings is 1. The Hall–Kier alpha value is -3.65. The lowest BCUT2D eigenvalue weighted by molar-refractivity contribution is -0.123. The molecule has 0 aliphatic rings. The molecule has 0 aliphatic heterocycles. The molecule has 0 fully saturated rings. The highest BCUT2D eigenvalue weighted by Gasteiger charge is 2.14. The van der Waals surface area contributed by atoms with E-state index in [1.807, 2.05) is 32.0 Å². The van der Waals surface area contributed by atoms with Crippen LogP contribution in [0.3, 0.4) is 0 Å². The zero-order chi connectivity index (χ0) is 22.1. The van der Waals surface area contributed by atoms with Crippen LogP contribution in [-0.2, 0) is 4.79 Å². The Morgan fingerprint density at radius 2 is 1.94 bits per heavy atom. The number of nitrogens with one attached hydrogen (secondary N) is 1. The van der Waals surface area contributed by atoms with Crippen LogP contribution in [0.1, 0.15) is 27.7 Å². The summed E-state index contributed by atoms with van der Waals surface area (Å²) in [4.78, 5) is 24.6. The Labute approximate surface area is 184 Å². The summed E-state index contributed by atoms with van der Waals surface area (Å²) < 4.78 is 16.4. The lowest BCUT2D eigenvalue weighted by Crippen LogP contribution is -2.24. The molecule has 0 bridgehead atoms. The van der Waals surface area contributed by atoms with Crippen LogP contribution in [0, 0.1) is 6.92 Å². The van der Waals surface area contributed by atoms with Gasteiger partial charge in [-0.05, 0) is 66.8 Å². The molecule has 0 saturated heterocycles. The van der Waals surface area contributed by atoms with Gasteiger partial charge in [-0.3, -0.25) is 4.79 Å². The topological polar surface area (TPSA) is 86.2 Å². The third-order valence-electron chi connectivity index (χ3n) is 3.95. The van der Waals surface area contributed by atoms with Crippen LogP contribution in [-0.4, -0.2) is 31.3 Å². The van der Waals surface area contributed by atoms with Gasteiger partial charge in [0.05, 0.1) is 12.8 Å². The van der Waals surface area contributed by atoms with Crippen LogP contribution in [0.25, 0.3) is 0 Å². The van der Waals surface area contributed by atoms with Gasteiger partial charge in [0.1, 0.15) is 10.6 Å². The van der Waals surface area contributed by atoms with Gasteiger partial charge in [0.25, 0.3) is 5.91 Å². The normalized spacial score (nSPS) is 10.6. The lowest BCUT2D eigenvalue weighted by Gasteiger charge is -2.10. The quantitative estimate of drug-likeness (QED) is 0.234. The minimum absolute atomic E-state index is 0.150. The second kappa shape index (κ2) is 10.9. The Kier molecular flexibility index (Phi) is 7.78. The average Bonchev–Trinajstić information content (AvgIpc) is 3.29. The standard InChI is InChI=1S/C23H22N2O5S/c1-3-28-20-13-17(9-10-19(20)30-23(27)21-8-5-11-31-21)14-24-25-22(26)15-29-18-7-4-6-16(2)12-18/h4-14H,3,15H2,1-2H3,(H,25,26).